The van der Waals surface area contributed by atoms with E-state index in [9.17, 15) is 14.9 Å². The van der Waals surface area contributed by atoms with Crippen molar-refractivity contribution in [2.45, 2.75) is 19.8 Å². The van der Waals surface area contributed by atoms with Crippen LogP contribution in [0.1, 0.15) is 29.0 Å². The lowest BCUT2D eigenvalue weighted by Crippen LogP contribution is -2.29. The minimum Gasteiger partial charge on any atom is -0.368 e. The number of nitrogens with one attached hydrogen (secondary N) is 2. The van der Waals surface area contributed by atoms with E-state index in [1.54, 1.807) is 0 Å². The summed E-state index contributed by atoms with van der Waals surface area (Å²) in [5.74, 6) is 1.91. The third-order valence-electron chi connectivity index (χ3n) is 4.38. The number of anilines is 2. The molecule has 3 rings (SSSR count). The highest BCUT2D eigenvalue weighted by atomic mass is 35.5. The maximum atomic E-state index is 12.2. The Hall–Kier alpha value is -2.94. The fourth-order valence-electron chi connectivity index (χ4n) is 3.01. The normalized spacial score (nSPS) is 13.4. The molecule has 148 valence electrons. The maximum absolute atomic E-state index is 12.2. The Labute approximate surface area is 167 Å². The van der Waals surface area contributed by atoms with E-state index in [-0.39, 0.29) is 16.3 Å². The van der Waals surface area contributed by atoms with Crippen LogP contribution in [0.15, 0.2) is 24.3 Å². The quantitative estimate of drug-likeness (QED) is 0.414. The van der Waals surface area contributed by atoms with Gasteiger partial charge in [-0.1, -0.05) is 11.6 Å². The average Bonchev–Trinajstić information content (AvgIpc) is 3.19. The van der Waals surface area contributed by atoms with Crippen LogP contribution in [0.4, 0.5) is 17.3 Å². The van der Waals surface area contributed by atoms with Crippen molar-refractivity contribution in [3.05, 3.63) is 50.8 Å². The summed E-state index contributed by atoms with van der Waals surface area (Å²) in [6.45, 7) is 4.66. The predicted octanol–water partition coefficient (Wildman–Crippen LogP) is 2.79. The molecule has 0 bridgehead atoms. The van der Waals surface area contributed by atoms with Crippen molar-refractivity contribution in [2.75, 3.05) is 36.4 Å². The van der Waals surface area contributed by atoms with Gasteiger partial charge in [-0.25, -0.2) is 9.97 Å². The summed E-state index contributed by atoms with van der Waals surface area (Å²) in [4.78, 5) is 33.5. The lowest BCUT2D eigenvalue weighted by molar-refractivity contribution is -0.384. The van der Waals surface area contributed by atoms with E-state index in [0.717, 1.165) is 25.0 Å². The number of nitro groups is 1. The Balaban J connectivity index is 1.53. The van der Waals surface area contributed by atoms with E-state index in [0.29, 0.717) is 24.7 Å². The smallest absolute Gasteiger partial charge is 0.270 e. The van der Waals surface area contributed by atoms with Crippen LogP contribution in [0, 0.1) is 17.0 Å². The number of aryl methyl sites for hydroxylation is 1. The number of aromatic nitrogens is 2. The van der Waals surface area contributed by atoms with Gasteiger partial charge in [0.05, 0.1) is 15.5 Å². The molecule has 1 fully saturated rings. The maximum Gasteiger partial charge on any atom is 0.270 e. The molecule has 0 spiro atoms. The molecule has 0 aliphatic carbocycles. The van der Waals surface area contributed by atoms with Crippen molar-refractivity contribution in [1.29, 1.82) is 0 Å². The molecule has 9 nitrogen and oxygen atoms in total. The summed E-state index contributed by atoms with van der Waals surface area (Å²) in [5.41, 5.74) is 0.0395. The number of nitrogens with zero attached hydrogens (tertiary/aromatic N) is 4. The van der Waals surface area contributed by atoms with Crippen molar-refractivity contribution in [1.82, 2.24) is 15.3 Å². The molecule has 0 saturated carbocycles. The first kappa shape index (κ1) is 19.8. The standard InChI is InChI=1S/C18H21ClN6O3/c1-12-22-16(11-17(23-12)24-8-2-3-9-24)20-6-7-21-18(26)14-5-4-13(25(27)28)10-15(14)19/h4-5,10-11H,2-3,6-9H2,1H3,(H,21,26)(H,20,22,23). The predicted molar refractivity (Wildman–Crippen MR) is 107 cm³/mol. The van der Waals surface area contributed by atoms with Crippen LogP contribution in [0.3, 0.4) is 0 Å². The molecule has 1 aliphatic heterocycles. The topological polar surface area (TPSA) is 113 Å². The van der Waals surface area contributed by atoms with Gasteiger partial charge >= 0.3 is 0 Å². The molecule has 1 aromatic carbocycles. The van der Waals surface area contributed by atoms with E-state index < -0.39 is 10.8 Å². The summed E-state index contributed by atoms with van der Waals surface area (Å²) >= 11 is 5.97. The third-order valence-corrected chi connectivity index (χ3v) is 4.69. The second kappa shape index (κ2) is 8.83. The summed E-state index contributed by atoms with van der Waals surface area (Å²) in [7, 11) is 0. The first-order chi connectivity index (χ1) is 13.4. The molecule has 1 saturated heterocycles. The van der Waals surface area contributed by atoms with Gasteiger partial charge in [-0.2, -0.15) is 0 Å². The number of carbonyl (C=O) groups excluding carboxylic acids is 1. The number of hydrogen-bond donors (Lipinski definition) is 2. The van der Waals surface area contributed by atoms with Crippen molar-refractivity contribution in [3.8, 4) is 0 Å². The highest BCUT2D eigenvalue weighted by Crippen LogP contribution is 2.22. The fraction of sp³-hybridized carbons (Fsp3) is 0.389. The van der Waals surface area contributed by atoms with Gasteiger partial charge in [0.1, 0.15) is 17.5 Å². The molecule has 1 amide bonds. The molecule has 0 radical (unpaired) electrons. The van der Waals surface area contributed by atoms with Gasteiger partial charge in [-0.05, 0) is 25.8 Å². The van der Waals surface area contributed by atoms with Crippen LogP contribution >= 0.6 is 11.6 Å². The van der Waals surface area contributed by atoms with E-state index in [1.807, 2.05) is 13.0 Å². The van der Waals surface area contributed by atoms with Crippen molar-refractivity contribution >= 4 is 34.8 Å². The Bertz CT molecular complexity index is 886. The number of non-ortho nitro benzene ring substituents is 1. The Kier molecular flexibility index (Phi) is 6.25. The summed E-state index contributed by atoms with van der Waals surface area (Å²) in [6, 6.07) is 5.67. The minimum atomic E-state index is -0.558. The van der Waals surface area contributed by atoms with Crippen LogP contribution in [0.25, 0.3) is 0 Å². The number of carbonyl (C=O) groups is 1. The molecule has 2 aromatic rings. The van der Waals surface area contributed by atoms with E-state index in [2.05, 4.69) is 25.5 Å². The van der Waals surface area contributed by atoms with Gasteiger partial charge in [-0.3, -0.25) is 14.9 Å². The molecule has 0 unspecified atom stereocenters. The minimum absolute atomic E-state index is 0.0429. The molecular formula is C18H21ClN6O3. The van der Waals surface area contributed by atoms with Crippen LogP contribution < -0.4 is 15.5 Å². The lowest BCUT2D eigenvalue weighted by Gasteiger charge is -2.17. The third kappa shape index (κ3) is 4.86. The highest BCUT2D eigenvalue weighted by molar-refractivity contribution is 6.34. The monoisotopic (exact) mass is 404 g/mol. The molecule has 1 aliphatic rings. The number of hydrogen-bond acceptors (Lipinski definition) is 7. The van der Waals surface area contributed by atoms with Gasteiger partial charge < -0.3 is 15.5 Å². The van der Waals surface area contributed by atoms with Crippen molar-refractivity contribution in [2.24, 2.45) is 0 Å². The van der Waals surface area contributed by atoms with Crippen LogP contribution in [0.2, 0.25) is 5.02 Å². The molecular weight excluding hydrogens is 384 g/mol. The molecule has 2 N–H and O–H groups in total. The van der Waals surface area contributed by atoms with E-state index in [4.69, 9.17) is 11.6 Å². The molecule has 1 aromatic heterocycles. The SMILES string of the molecule is Cc1nc(NCCNC(=O)c2ccc([N+](=O)[O-])cc2Cl)cc(N2CCCC2)n1. The largest absolute Gasteiger partial charge is 0.368 e. The van der Waals surface area contributed by atoms with Gasteiger partial charge in [0.2, 0.25) is 0 Å². The van der Waals surface area contributed by atoms with Gasteiger partial charge in [-0.15, -0.1) is 0 Å². The Morgan fingerprint density at radius 3 is 2.68 bits per heavy atom. The van der Waals surface area contributed by atoms with Crippen molar-refractivity contribution in [3.63, 3.8) is 0 Å². The molecule has 28 heavy (non-hydrogen) atoms. The lowest BCUT2D eigenvalue weighted by atomic mass is 10.2. The number of amides is 1. The van der Waals surface area contributed by atoms with Gasteiger partial charge in [0, 0.05) is 44.4 Å². The summed E-state index contributed by atoms with van der Waals surface area (Å²) in [6.07, 6.45) is 2.34. The molecule has 2 heterocycles. The number of benzene rings is 1. The first-order valence-corrected chi connectivity index (χ1v) is 9.38. The molecule has 0 atom stereocenters. The second-order valence-electron chi connectivity index (χ2n) is 6.46. The zero-order chi connectivity index (χ0) is 20.1. The average molecular weight is 405 g/mol. The Morgan fingerprint density at radius 1 is 1.25 bits per heavy atom. The Morgan fingerprint density at radius 2 is 2.00 bits per heavy atom. The first-order valence-electron chi connectivity index (χ1n) is 9.00. The molecule has 10 heteroatoms. The van der Waals surface area contributed by atoms with Crippen molar-refractivity contribution < 1.29 is 9.72 Å². The highest BCUT2D eigenvalue weighted by Gasteiger charge is 2.16. The number of nitro benzene ring substituents is 1. The fourth-order valence-corrected chi connectivity index (χ4v) is 3.27. The summed E-state index contributed by atoms with van der Waals surface area (Å²) in [5, 5.41) is 16.7. The van der Waals surface area contributed by atoms with Crippen LogP contribution in [0.5, 0.6) is 0 Å². The zero-order valence-corrected chi connectivity index (χ0v) is 16.2. The van der Waals surface area contributed by atoms with E-state index >= 15 is 0 Å². The van der Waals surface area contributed by atoms with Gasteiger partial charge in [0.15, 0.2) is 0 Å². The zero-order valence-electron chi connectivity index (χ0n) is 15.4. The van der Waals surface area contributed by atoms with Gasteiger partial charge in [0.25, 0.3) is 11.6 Å². The number of halogens is 1. The van der Waals surface area contributed by atoms with Crippen LogP contribution in [-0.2, 0) is 0 Å². The summed E-state index contributed by atoms with van der Waals surface area (Å²) < 4.78 is 0. The van der Waals surface area contributed by atoms with Crippen LogP contribution in [-0.4, -0.2) is 47.0 Å². The second-order valence-corrected chi connectivity index (χ2v) is 6.86. The van der Waals surface area contributed by atoms with E-state index in [1.165, 1.54) is 25.0 Å². The number of rotatable bonds is 7.